The first-order valence-corrected chi connectivity index (χ1v) is 7.70. The molecule has 3 rings (SSSR count). The Kier molecular flexibility index (Phi) is 4.86. The molecule has 150 valence electrons. The Hall–Kier alpha value is -2.98. The summed E-state index contributed by atoms with van der Waals surface area (Å²) in [6.45, 7) is -1.77. The Morgan fingerprint density at radius 1 is 1.32 bits per heavy atom. The van der Waals surface area contributed by atoms with Crippen LogP contribution in [0.15, 0.2) is 34.7 Å². The summed E-state index contributed by atoms with van der Waals surface area (Å²) in [4.78, 5) is 24.3. The predicted molar refractivity (Wildman–Crippen MR) is 80.2 cm³/mol. The minimum Gasteiger partial charge on any atom is -0.466 e. The highest BCUT2D eigenvalue weighted by Crippen LogP contribution is 2.46. The molecule has 0 bridgehead atoms. The first-order valence-electron chi connectivity index (χ1n) is 7.70. The van der Waals surface area contributed by atoms with Gasteiger partial charge in [0.1, 0.15) is 24.9 Å². The van der Waals surface area contributed by atoms with E-state index < -0.39 is 76.9 Å². The molecule has 2 heterocycles. The molecule has 1 atom stereocenters. The largest absolute Gasteiger partial charge is 0.466 e. The number of hydrogen-bond donors (Lipinski definition) is 1. The third-order valence-corrected chi connectivity index (χ3v) is 4.32. The lowest BCUT2D eigenvalue weighted by Crippen LogP contribution is -2.33. The maximum atomic E-state index is 14.1. The average Bonchev–Trinajstić information content (AvgIpc) is 2.98. The zero-order valence-electron chi connectivity index (χ0n) is 14.0. The van der Waals surface area contributed by atoms with Crippen LogP contribution in [0.3, 0.4) is 0 Å². The van der Waals surface area contributed by atoms with Crippen LogP contribution in [-0.4, -0.2) is 32.3 Å². The van der Waals surface area contributed by atoms with Gasteiger partial charge in [0.05, 0.1) is 41.1 Å². The van der Waals surface area contributed by atoms with E-state index in [2.05, 4.69) is 10.1 Å². The Bertz CT molecular complexity index is 934. The van der Waals surface area contributed by atoms with E-state index in [1.54, 1.807) is 0 Å². The fraction of sp³-hybridized carbons (Fsp3) is 0.294. The second kappa shape index (κ2) is 6.88. The molecule has 0 saturated heterocycles. The van der Waals surface area contributed by atoms with E-state index in [0.717, 1.165) is 7.11 Å². The smallest absolute Gasteiger partial charge is 0.419 e. The van der Waals surface area contributed by atoms with Crippen LogP contribution in [0.4, 0.5) is 26.3 Å². The number of cyclic esters (lactones) is 1. The number of nitrogens with one attached hydrogen (secondary N) is 1. The van der Waals surface area contributed by atoms with E-state index in [4.69, 9.17) is 4.74 Å². The zero-order chi connectivity index (χ0) is 20.8. The normalized spacial score (nSPS) is 19.4. The highest BCUT2D eigenvalue weighted by Gasteiger charge is 2.47. The summed E-state index contributed by atoms with van der Waals surface area (Å²) in [5, 5.41) is 2.42. The van der Waals surface area contributed by atoms with Crippen molar-refractivity contribution in [3.63, 3.8) is 0 Å². The van der Waals surface area contributed by atoms with Crippen molar-refractivity contribution in [2.24, 2.45) is 0 Å². The number of alkyl halides is 4. The summed E-state index contributed by atoms with van der Waals surface area (Å²) in [5.41, 5.74) is -4.73. The van der Waals surface area contributed by atoms with Crippen molar-refractivity contribution in [3.05, 3.63) is 57.4 Å². The summed E-state index contributed by atoms with van der Waals surface area (Å²) in [6.07, 6.45) is -5.29. The van der Waals surface area contributed by atoms with Gasteiger partial charge < -0.3 is 14.8 Å². The van der Waals surface area contributed by atoms with Crippen LogP contribution in [0.2, 0.25) is 0 Å². The molecule has 0 radical (unpaired) electrons. The quantitative estimate of drug-likeness (QED) is 0.617. The molecular weight excluding hydrogens is 396 g/mol. The molecule has 0 amide bonds. The maximum Gasteiger partial charge on any atom is 0.419 e. The van der Waals surface area contributed by atoms with Crippen molar-refractivity contribution >= 4 is 11.9 Å². The predicted octanol–water partition coefficient (Wildman–Crippen LogP) is 2.88. The molecule has 11 heteroatoms. The molecule has 0 fully saturated rings. The van der Waals surface area contributed by atoms with Crippen LogP contribution in [0.5, 0.6) is 0 Å². The van der Waals surface area contributed by atoms with Gasteiger partial charge >= 0.3 is 18.1 Å². The summed E-state index contributed by atoms with van der Waals surface area (Å²) < 4.78 is 91.2. The lowest BCUT2D eigenvalue weighted by molar-refractivity contribution is -0.142. The summed E-state index contributed by atoms with van der Waals surface area (Å²) in [5.74, 6) is -7.64. The van der Waals surface area contributed by atoms with Gasteiger partial charge in [-0.2, -0.15) is 13.2 Å². The lowest BCUT2D eigenvalue weighted by Gasteiger charge is -2.29. The first-order chi connectivity index (χ1) is 13.1. The number of rotatable bonds is 3. The molecule has 2 aliphatic heterocycles. The van der Waals surface area contributed by atoms with Gasteiger partial charge in [-0.15, -0.1) is 0 Å². The fourth-order valence-corrected chi connectivity index (χ4v) is 3.27. The van der Waals surface area contributed by atoms with E-state index in [-0.39, 0.29) is 11.8 Å². The second-order valence-electron chi connectivity index (χ2n) is 5.89. The number of ether oxygens (including phenoxy) is 2. The van der Waals surface area contributed by atoms with E-state index >= 15 is 0 Å². The number of benzene rings is 1. The highest BCUT2D eigenvalue weighted by molar-refractivity contribution is 6.01. The molecule has 1 aromatic rings. The average molecular weight is 407 g/mol. The number of carbonyl (C=O) groups excluding carboxylic acids is 2. The van der Waals surface area contributed by atoms with Crippen LogP contribution in [-0.2, 0) is 25.2 Å². The topological polar surface area (TPSA) is 64.6 Å². The minimum absolute atomic E-state index is 0.0211. The van der Waals surface area contributed by atoms with Gasteiger partial charge in [0.25, 0.3) is 0 Å². The van der Waals surface area contributed by atoms with E-state index in [0.29, 0.717) is 6.07 Å². The summed E-state index contributed by atoms with van der Waals surface area (Å²) >= 11 is 0. The summed E-state index contributed by atoms with van der Waals surface area (Å²) in [6, 6.07) is 0.365. The Labute approximate surface area is 153 Å². The van der Waals surface area contributed by atoms with Crippen molar-refractivity contribution in [1.29, 1.82) is 0 Å². The van der Waals surface area contributed by atoms with Crippen LogP contribution in [0, 0.1) is 11.6 Å². The van der Waals surface area contributed by atoms with Crippen LogP contribution >= 0.6 is 0 Å². The number of hydrogen-bond acceptors (Lipinski definition) is 5. The number of methoxy groups -OCH3 is 1. The van der Waals surface area contributed by atoms with Crippen molar-refractivity contribution in [3.8, 4) is 0 Å². The third-order valence-electron chi connectivity index (χ3n) is 4.32. The molecule has 0 aromatic heterocycles. The molecular formula is C17H11F6NO4. The monoisotopic (exact) mass is 407 g/mol. The Morgan fingerprint density at radius 2 is 2.00 bits per heavy atom. The van der Waals surface area contributed by atoms with Crippen molar-refractivity contribution < 1.29 is 45.4 Å². The van der Waals surface area contributed by atoms with Gasteiger partial charge in [0.15, 0.2) is 0 Å². The lowest BCUT2D eigenvalue weighted by atomic mass is 9.78. The molecule has 0 aliphatic carbocycles. The SMILES string of the molecule is COC(=O)C1=C(CF)NC2=C(C(=O)OC2)C1c1cc(F)cc(F)c1C(F)(F)F. The fourth-order valence-electron chi connectivity index (χ4n) is 3.27. The van der Waals surface area contributed by atoms with E-state index in [9.17, 15) is 35.9 Å². The zero-order valence-corrected chi connectivity index (χ0v) is 14.0. The summed E-state index contributed by atoms with van der Waals surface area (Å²) in [7, 11) is 0.885. The molecule has 2 aliphatic rings. The molecule has 5 nitrogen and oxygen atoms in total. The molecule has 0 spiro atoms. The van der Waals surface area contributed by atoms with Crippen molar-refractivity contribution in [1.82, 2.24) is 5.32 Å². The highest BCUT2D eigenvalue weighted by atomic mass is 19.4. The number of halogens is 6. The van der Waals surface area contributed by atoms with Gasteiger partial charge in [-0.1, -0.05) is 0 Å². The molecule has 1 unspecified atom stereocenters. The molecule has 0 saturated carbocycles. The number of dihydropyridines is 1. The Morgan fingerprint density at radius 3 is 2.57 bits per heavy atom. The van der Waals surface area contributed by atoms with Crippen LogP contribution in [0.1, 0.15) is 17.0 Å². The van der Waals surface area contributed by atoms with Crippen molar-refractivity contribution in [2.75, 3.05) is 20.4 Å². The van der Waals surface area contributed by atoms with E-state index in [1.165, 1.54) is 0 Å². The minimum atomic E-state index is -5.29. The molecule has 28 heavy (non-hydrogen) atoms. The van der Waals surface area contributed by atoms with Crippen molar-refractivity contribution in [2.45, 2.75) is 12.1 Å². The van der Waals surface area contributed by atoms with Gasteiger partial charge in [-0.05, 0) is 11.6 Å². The molecule has 1 aromatic carbocycles. The van der Waals surface area contributed by atoms with Crippen LogP contribution < -0.4 is 5.32 Å². The number of allylic oxidation sites excluding steroid dienone is 1. The standard InChI is InChI=1S/C17H11F6NO4/c1-27-15(25)12-9(4-18)24-10-5-28-16(26)13(10)11(12)7-2-6(19)3-8(20)14(7)17(21,22)23/h2-3,11,24H,4-5H2,1H3. The van der Waals surface area contributed by atoms with E-state index in [1.807, 2.05) is 0 Å². The number of esters is 2. The first kappa shape index (κ1) is 19.8. The number of carbonyl (C=O) groups is 2. The van der Waals surface area contributed by atoms with Gasteiger partial charge in [0, 0.05) is 6.07 Å². The van der Waals surface area contributed by atoms with Gasteiger partial charge in [0.2, 0.25) is 0 Å². The third kappa shape index (κ3) is 3.10. The maximum absolute atomic E-state index is 14.1. The van der Waals surface area contributed by atoms with Gasteiger partial charge in [-0.3, -0.25) is 0 Å². The van der Waals surface area contributed by atoms with Crippen LogP contribution in [0.25, 0.3) is 0 Å². The molecule has 1 N–H and O–H groups in total. The van der Waals surface area contributed by atoms with Gasteiger partial charge in [-0.25, -0.2) is 22.8 Å². The Balaban J connectivity index is 2.38. The second-order valence-corrected chi connectivity index (χ2v) is 5.89.